The van der Waals surface area contributed by atoms with Crippen LogP contribution in [0, 0.1) is 18.3 Å². The van der Waals surface area contributed by atoms with Crippen molar-refractivity contribution in [2.24, 2.45) is 0 Å². The van der Waals surface area contributed by atoms with Gasteiger partial charge in [-0.15, -0.1) is 0 Å². The van der Waals surface area contributed by atoms with Gasteiger partial charge in [0.25, 0.3) is 11.8 Å². The number of anilines is 1. The number of rotatable bonds is 4. The van der Waals surface area contributed by atoms with Crippen LogP contribution in [-0.4, -0.2) is 46.6 Å². The van der Waals surface area contributed by atoms with Gasteiger partial charge < -0.3 is 10.1 Å². The number of nitrogens with zero attached hydrogens (tertiary/aromatic N) is 4. The fourth-order valence-electron chi connectivity index (χ4n) is 3.11. The van der Waals surface area contributed by atoms with E-state index >= 15 is 0 Å². The number of aromatic nitrogens is 2. The highest BCUT2D eigenvalue weighted by molar-refractivity contribution is 9.10. The van der Waals surface area contributed by atoms with E-state index in [1.807, 2.05) is 6.07 Å². The zero-order valence-electron chi connectivity index (χ0n) is 18.2. The zero-order chi connectivity index (χ0) is 25.0. The summed E-state index contributed by atoms with van der Waals surface area (Å²) < 4.78 is 6.62. The second-order valence-corrected chi connectivity index (χ2v) is 8.29. The lowest BCUT2D eigenvalue weighted by Gasteiger charge is -2.21. The van der Waals surface area contributed by atoms with Crippen molar-refractivity contribution in [3.8, 4) is 11.9 Å². The summed E-state index contributed by atoms with van der Waals surface area (Å²) in [6.45, 7) is 1.64. The number of hydrazine groups is 1. The summed E-state index contributed by atoms with van der Waals surface area (Å²) in [5, 5.41) is 13.3. The van der Waals surface area contributed by atoms with Crippen molar-refractivity contribution in [2.75, 3.05) is 19.5 Å². The Bertz CT molecular complexity index is 1330. The summed E-state index contributed by atoms with van der Waals surface area (Å²) in [5.74, 6) is -0.891. The predicted octanol–water partition coefficient (Wildman–Crippen LogP) is 4.06. The normalized spacial score (nSPS) is 10.2. The van der Waals surface area contributed by atoms with Crippen LogP contribution in [0.25, 0.3) is 5.82 Å². The summed E-state index contributed by atoms with van der Waals surface area (Å²) in [7, 11) is 2.46. The molecule has 174 valence electrons. The van der Waals surface area contributed by atoms with E-state index in [4.69, 9.17) is 11.6 Å². The SMILES string of the molecule is COC(=O)NN(C)C(=O)c1cc(C#N)cc(C)c1NC(=O)c1cc(Br)cn1-c1ncccc1Cl. The molecule has 0 aliphatic rings. The number of hydrogen-bond acceptors (Lipinski definition) is 6. The highest BCUT2D eigenvalue weighted by Crippen LogP contribution is 2.27. The van der Waals surface area contributed by atoms with E-state index in [1.165, 1.54) is 23.7 Å². The van der Waals surface area contributed by atoms with Gasteiger partial charge in [-0.1, -0.05) is 11.6 Å². The minimum atomic E-state index is -0.857. The molecule has 0 bridgehead atoms. The molecule has 0 spiro atoms. The van der Waals surface area contributed by atoms with Gasteiger partial charge in [0, 0.05) is 23.9 Å². The van der Waals surface area contributed by atoms with Crippen molar-refractivity contribution >= 4 is 51.1 Å². The maximum atomic E-state index is 13.3. The second kappa shape index (κ2) is 10.4. The van der Waals surface area contributed by atoms with Gasteiger partial charge in [0.15, 0.2) is 5.82 Å². The molecule has 3 rings (SSSR count). The standard InChI is InChI=1S/C22H18BrClN6O4/c1-12-7-13(10-25)8-15(21(32)29(2)28-22(33)34-3)18(12)27-20(31)17-9-14(23)11-30(17)19-16(24)5-4-6-26-19/h4-9,11H,1-3H3,(H,27,31)(H,28,33). The molecule has 0 aliphatic carbocycles. The number of amides is 3. The third-order valence-corrected chi connectivity index (χ3v) is 5.40. The van der Waals surface area contributed by atoms with Crippen LogP contribution >= 0.6 is 27.5 Å². The number of halogens is 2. The molecule has 0 fully saturated rings. The number of pyridine rings is 1. The zero-order valence-corrected chi connectivity index (χ0v) is 20.6. The molecule has 34 heavy (non-hydrogen) atoms. The number of hydrogen-bond donors (Lipinski definition) is 2. The number of carbonyl (C=O) groups is 3. The summed E-state index contributed by atoms with van der Waals surface area (Å²) in [4.78, 5) is 42.1. The van der Waals surface area contributed by atoms with Gasteiger partial charge in [-0.25, -0.2) is 15.2 Å². The molecule has 0 aliphatic heterocycles. The topological polar surface area (TPSA) is 129 Å². The van der Waals surface area contributed by atoms with Crippen LogP contribution in [0.1, 0.15) is 32.0 Å². The Morgan fingerprint density at radius 3 is 2.68 bits per heavy atom. The molecule has 0 saturated carbocycles. The Kier molecular flexibility index (Phi) is 7.55. The van der Waals surface area contributed by atoms with E-state index in [9.17, 15) is 19.6 Å². The fraction of sp³-hybridized carbons (Fsp3) is 0.136. The molecule has 2 aromatic heterocycles. The number of ether oxygens (including phenoxy) is 1. The van der Waals surface area contributed by atoms with Crippen LogP contribution in [0.3, 0.4) is 0 Å². The van der Waals surface area contributed by atoms with Crippen LogP contribution in [0.4, 0.5) is 10.5 Å². The van der Waals surface area contributed by atoms with Crippen molar-refractivity contribution in [1.29, 1.82) is 5.26 Å². The number of methoxy groups -OCH3 is 1. The predicted molar refractivity (Wildman–Crippen MR) is 128 cm³/mol. The van der Waals surface area contributed by atoms with E-state index in [0.29, 0.717) is 20.9 Å². The average molecular weight is 546 g/mol. The van der Waals surface area contributed by atoms with Crippen molar-refractivity contribution in [3.05, 3.63) is 74.6 Å². The van der Waals surface area contributed by atoms with Gasteiger partial charge in [0.2, 0.25) is 0 Å². The molecule has 3 amide bonds. The minimum Gasteiger partial charge on any atom is -0.452 e. The third-order valence-electron chi connectivity index (χ3n) is 4.67. The fourth-order valence-corrected chi connectivity index (χ4v) is 3.75. The molecule has 0 unspecified atom stereocenters. The molecular weight excluding hydrogens is 528 g/mol. The van der Waals surface area contributed by atoms with Crippen molar-refractivity contribution in [1.82, 2.24) is 20.0 Å². The van der Waals surface area contributed by atoms with Crippen LogP contribution in [0.5, 0.6) is 0 Å². The molecule has 2 N–H and O–H groups in total. The number of benzene rings is 1. The quantitative estimate of drug-likeness (QED) is 0.476. The maximum absolute atomic E-state index is 13.3. The molecule has 0 saturated heterocycles. The van der Waals surface area contributed by atoms with E-state index in [0.717, 1.165) is 12.1 Å². The van der Waals surface area contributed by atoms with Gasteiger partial charge in [-0.2, -0.15) is 5.26 Å². The molecule has 1 aromatic carbocycles. The molecule has 0 atom stereocenters. The molecule has 10 nitrogen and oxygen atoms in total. The summed E-state index contributed by atoms with van der Waals surface area (Å²) in [5.41, 5.74) is 3.26. The molecule has 12 heteroatoms. The Labute approximate surface area is 208 Å². The Hall–Kier alpha value is -3.88. The first-order valence-electron chi connectivity index (χ1n) is 9.63. The first-order chi connectivity index (χ1) is 16.2. The number of nitriles is 1. The lowest BCUT2D eigenvalue weighted by Crippen LogP contribution is -2.43. The van der Waals surface area contributed by atoms with Crippen LogP contribution in [0.15, 0.2) is 47.2 Å². The maximum Gasteiger partial charge on any atom is 0.425 e. The largest absolute Gasteiger partial charge is 0.452 e. The van der Waals surface area contributed by atoms with Crippen LogP contribution < -0.4 is 10.7 Å². The Morgan fingerprint density at radius 1 is 1.29 bits per heavy atom. The first kappa shape index (κ1) is 24.8. The highest BCUT2D eigenvalue weighted by atomic mass is 79.9. The molecule has 2 heterocycles. The smallest absolute Gasteiger partial charge is 0.425 e. The molecule has 0 radical (unpaired) electrons. The Balaban J connectivity index is 2.03. The van der Waals surface area contributed by atoms with E-state index in [-0.39, 0.29) is 22.5 Å². The lowest BCUT2D eigenvalue weighted by atomic mass is 10.0. The second-order valence-electron chi connectivity index (χ2n) is 6.97. The van der Waals surface area contributed by atoms with Gasteiger partial charge >= 0.3 is 6.09 Å². The van der Waals surface area contributed by atoms with E-state index in [1.54, 1.807) is 37.5 Å². The summed E-state index contributed by atoms with van der Waals surface area (Å²) >= 11 is 9.62. The Morgan fingerprint density at radius 2 is 2.03 bits per heavy atom. The third kappa shape index (κ3) is 5.19. The lowest BCUT2D eigenvalue weighted by molar-refractivity contribution is 0.0691. The summed E-state index contributed by atoms with van der Waals surface area (Å²) in [6, 6.07) is 9.72. The minimum absolute atomic E-state index is 0.00292. The van der Waals surface area contributed by atoms with Gasteiger partial charge in [0.1, 0.15) is 5.69 Å². The first-order valence-corrected chi connectivity index (χ1v) is 10.8. The van der Waals surface area contributed by atoms with Gasteiger partial charge in [0.05, 0.1) is 35.0 Å². The van der Waals surface area contributed by atoms with Crippen molar-refractivity contribution < 1.29 is 19.1 Å². The average Bonchev–Trinajstić information content (AvgIpc) is 3.21. The molecule has 3 aromatic rings. The van der Waals surface area contributed by atoms with E-state index < -0.39 is 17.9 Å². The van der Waals surface area contributed by atoms with Crippen LogP contribution in [0.2, 0.25) is 5.02 Å². The molecular formula is C22H18BrClN6O4. The van der Waals surface area contributed by atoms with Crippen LogP contribution in [-0.2, 0) is 4.74 Å². The van der Waals surface area contributed by atoms with Crippen molar-refractivity contribution in [2.45, 2.75) is 6.92 Å². The monoisotopic (exact) mass is 544 g/mol. The number of aryl methyl sites for hydroxylation is 1. The highest BCUT2D eigenvalue weighted by Gasteiger charge is 2.24. The van der Waals surface area contributed by atoms with Crippen molar-refractivity contribution in [3.63, 3.8) is 0 Å². The van der Waals surface area contributed by atoms with Gasteiger partial charge in [-0.3, -0.25) is 19.2 Å². The summed E-state index contributed by atoms with van der Waals surface area (Å²) in [6.07, 6.45) is 2.32. The van der Waals surface area contributed by atoms with Gasteiger partial charge in [-0.05, 0) is 58.7 Å². The number of nitrogens with one attached hydrogen (secondary N) is 2. The van der Waals surface area contributed by atoms with E-state index in [2.05, 4.69) is 36.4 Å². The number of carbonyl (C=O) groups excluding carboxylic acids is 3.